The van der Waals surface area contributed by atoms with Crippen LogP contribution in [0.5, 0.6) is 11.6 Å². The number of aromatic nitrogens is 2. The molecule has 3 rings (SSSR count). The number of hydrogen-bond donors (Lipinski definition) is 1. The molecular formula is C14H13F2N3OS. The largest absolute Gasteiger partial charge is 0.434 e. The first-order valence-electron chi connectivity index (χ1n) is 6.47. The predicted molar refractivity (Wildman–Crippen MR) is 76.9 cm³/mol. The maximum absolute atomic E-state index is 13.7. The number of fused-ring (bicyclic) bond motifs is 1. The lowest BCUT2D eigenvalue weighted by Gasteiger charge is -2.07. The molecule has 0 aliphatic carbocycles. The molecule has 3 aromatic rings. The SMILES string of the molecule is CCNCc1c(Oc2cc(F)ccc2F)nc2sccn12. The van der Waals surface area contributed by atoms with Gasteiger partial charge in [-0.25, -0.2) is 8.78 Å². The fourth-order valence-corrected chi connectivity index (χ4v) is 2.68. The molecule has 0 fully saturated rings. The van der Waals surface area contributed by atoms with E-state index in [1.54, 1.807) is 0 Å². The molecule has 1 N–H and O–H groups in total. The standard InChI is InChI=1S/C14H13F2N3OS/c1-2-17-8-11-13(18-14-19(11)5-6-21-14)20-12-7-9(15)3-4-10(12)16/h3-7,17H,2,8H2,1H3. The third-order valence-electron chi connectivity index (χ3n) is 2.97. The van der Waals surface area contributed by atoms with Crippen molar-refractivity contribution in [2.75, 3.05) is 6.54 Å². The fraction of sp³-hybridized carbons (Fsp3) is 0.214. The average Bonchev–Trinajstić information content (AvgIpc) is 3.02. The number of thiazole rings is 1. The Balaban J connectivity index is 1.99. The van der Waals surface area contributed by atoms with Crippen molar-refractivity contribution in [1.82, 2.24) is 14.7 Å². The van der Waals surface area contributed by atoms with E-state index in [2.05, 4.69) is 10.3 Å². The van der Waals surface area contributed by atoms with Gasteiger partial charge in [-0.15, -0.1) is 11.3 Å². The second-order valence-electron chi connectivity index (χ2n) is 4.38. The highest BCUT2D eigenvalue weighted by Crippen LogP contribution is 2.29. The lowest BCUT2D eigenvalue weighted by molar-refractivity contribution is 0.418. The minimum atomic E-state index is -0.623. The molecule has 0 aliphatic heterocycles. The third-order valence-corrected chi connectivity index (χ3v) is 3.72. The molecule has 0 spiro atoms. The smallest absolute Gasteiger partial charge is 0.243 e. The molecule has 0 radical (unpaired) electrons. The fourth-order valence-electron chi connectivity index (χ4n) is 1.96. The minimum Gasteiger partial charge on any atom is -0.434 e. The lowest BCUT2D eigenvalue weighted by atomic mass is 10.3. The summed E-state index contributed by atoms with van der Waals surface area (Å²) in [6.45, 7) is 3.30. The van der Waals surface area contributed by atoms with Gasteiger partial charge in [0.1, 0.15) is 11.5 Å². The third kappa shape index (κ3) is 2.74. The van der Waals surface area contributed by atoms with Crippen molar-refractivity contribution in [2.24, 2.45) is 0 Å². The van der Waals surface area contributed by atoms with E-state index in [0.29, 0.717) is 6.54 Å². The van der Waals surface area contributed by atoms with Gasteiger partial charge in [0.25, 0.3) is 0 Å². The number of hydrogen-bond acceptors (Lipinski definition) is 4. The van der Waals surface area contributed by atoms with Crippen molar-refractivity contribution in [3.8, 4) is 11.6 Å². The zero-order chi connectivity index (χ0) is 14.8. The molecule has 0 amide bonds. The number of nitrogens with zero attached hydrogens (tertiary/aromatic N) is 2. The van der Waals surface area contributed by atoms with Crippen LogP contribution in [-0.2, 0) is 6.54 Å². The maximum Gasteiger partial charge on any atom is 0.243 e. The van der Waals surface area contributed by atoms with Crippen LogP contribution in [-0.4, -0.2) is 15.9 Å². The molecule has 0 aliphatic rings. The second-order valence-corrected chi connectivity index (χ2v) is 5.25. The van der Waals surface area contributed by atoms with E-state index < -0.39 is 11.6 Å². The van der Waals surface area contributed by atoms with Crippen LogP contribution in [0.1, 0.15) is 12.6 Å². The van der Waals surface area contributed by atoms with Crippen LogP contribution in [0.25, 0.3) is 4.96 Å². The van der Waals surface area contributed by atoms with E-state index in [1.165, 1.54) is 11.3 Å². The first kappa shape index (κ1) is 14.0. The number of imidazole rings is 1. The van der Waals surface area contributed by atoms with Crippen molar-refractivity contribution in [3.05, 3.63) is 47.1 Å². The van der Waals surface area contributed by atoms with Crippen LogP contribution in [0.3, 0.4) is 0 Å². The van der Waals surface area contributed by atoms with E-state index in [9.17, 15) is 8.78 Å². The molecule has 2 aromatic heterocycles. The van der Waals surface area contributed by atoms with Gasteiger partial charge in [-0.1, -0.05) is 6.92 Å². The Kier molecular flexibility index (Phi) is 3.85. The van der Waals surface area contributed by atoms with Gasteiger partial charge in [-0.2, -0.15) is 4.98 Å². The van der Waals surface area contributed by atoms with Gasteiger partial charge in [0, 0.05) is 24.2 Å². The molecule has 2 heterocycles. The normalized spacial score (nSPS) is 11.2. The van der Waals surface area contributed by atoms with Crippen LogP contribution < -0.4 is 10.1 Å². The van der Waals surface area contributed by atoms with Gasteiger partial charge in [-0.3, -0.25) is 4.40 Å². The van der Waals surface area contributed by atoms with Crippen molar-refractivity contribution in [2.45, 2.75) is 13.5 Å². The summed E-state index contributed by atoms with van der Waals surface area (Å²) in [5.74, 6) is -1.06. The molecule has 110 valence electrons. The summed E-state index contributed by atoms with van der Waals surface area (Å²) in [5, 5.41) is 5.09. The monoisotopic (exact) mass is 309 g/mol. The zero-order valence-electron chi connectivity index (χ0n) is 11.3. The summed E-state index contributed by atoms with van der Waals surface area (Å²) in [6, 6.07) is 3.10. The van der Waals surface area contributed by atoms with Crippen LogP contribution in [0.15, 0.2) is 29.8 Å². The van der Waals surface area contributed by atoms with Crippen LogP contribution in [0, 0.1) is 11.6 Å². The molecular weight excluding hydrogens is 296 g/mol. The van der Waals surface area contributed by atoms with Crippen molar-refractivity contribution < 1.29 is 13.5 Å². The maximum atomic E-state index is 13.7. The highest BCUT2D eigenvalue weighted by Gasteiger charge is 2.16. The molecule has 0 saturated carbocycles. The van der Waals surface area contributed by atoms with E-state index in [1.807, 2.05) is 22.9 Å². The quantitative estimate of drug-likeness (QED) is 0.783. The number of ether oxygens (including phenoxy) is 1. The number of rotatable bonds is 5. The molecule has 0 unspecified atom stereocenters. The van der Waals surface area contributed by atoms with E-state index in [-0.39, 0.29) is 11.6 Å². The summed E-state index contributed by atoms with van der Waals surface area (Å²) in [4.78, 5) is 5.07. The predicted octanol–water partition coefficient (Wildman–Crippen LogP) is 3.58. The van der Waals surface area contributed by atoms with Crippen LogP contribution in [0.2, 0.25) is 0 Å². The van der Waals surface area contributed by atoms with E-state index in [4.69, 9.17) is 4.74 Å². The van der Waals surface area contributed by atoms with Gasteiger partial charge < -0.3 is 10.1 Å². The van der Waals surface area contributed by atoms with Gasteiger partial charge >= 0.3 is 0 Å². The molecule has 0 saturated heterocycles. The Hall–Kier alpha value is -1.99. The first-order chi connectivity index (χ1) is 10.2. The van der Waals surface area contributed by atoms with Crippen LogP contribution in [0.4, 0.5) is 8.78 Å². The molecule has 1 aromatic carbocycles. The van der Waals surface area contributed by atoms with Crippen molar-refractivity contribution in [3.63, 3.8) is 0 Å². The highest BCUT2D eigenvalue weighted by molar-refractivity contribution is 7.15. The molecule has 0 bridgehead atoms. The van der Waals surface area contributed by atoms with Gasteiger partial charge in [0.05, 0.1) is 0 Å². The number of nitrogens with one attached hydrogen (secondary N) is 1. The second kappa shape index (κ2) is 5.79. The Morgan fingerprint density at radius 2 is 2.24 bits per heavy atom. The Morgan fingerprint density at radius 3 is 3.05 bits per heavy atom. The number of benzene rings is 1. The molecule has 7 heteroatoms. The molecule has 0 atom stereocenters. The van der Waals surface area contributed by atoms with Crippen LogP contribution >= 0.6 is 11.3 Å². The Morgan fingerprint density at radius 1 is 1.38 bits per heavy atom. The van der Waals surface area contributed by atoms with Crippen molar-refractivity contribution >= 4 is 16.3 Å². The van der Waals surface area contributed by atoms with Crippen molar-refractivity contribution in [1.29, 1.82) is 0 Å². The Bertz CT molecular complexity index is 769. The summed E-state index contributed by atoms with van der Waals surface area (Å²) >= 11 is 1.45. The first-order valence-corrected chi connectivity index (χ1v) is 7.35. The molecule has 21 heavy (non-hydrogen) atoms. The highest BCUT2D eigenvalue weighted by atomic mass is 32.1. The Labute approximate surface area is 124 Å². The van der Waals surface area contributed by atoms with Gasteiger partial charge in [0.2, 0.25) is 5.88 Å². The summed E-state index contributed by atoms with van der Waals surface area (Å²) < 4.78 is 34.3. The average molecular weight is 309 g/mol. The lowest BCUT2D eigenvalue weighted by Crippen LogP contribution is -2.13. The van der Waals surface area contributed by atoms with E-state index >= 15 is 0 Å². The topological polar surface area (TPSA) is 38.6 Å². The summed E-state index contributed by atoms with van der Waals surface area (Å²) in [6.07, 6.45) is 1.87. The zero-order valence-corrected chi connectivity index (χ0v) is 12.1. The summed E-state index contributed by atoms with van der Waals surface area (Å²) in [5.41, 5.74) is 0.775. The minimum absolute atomic E-state index is 0.168. The molecule has 4 nitrogen and oxygen atoms in total. The van der Waals surface area contributed by atoms with Gasteiger partial charge in [0.15, 0.2) is 16.5 Å². The van der Waals surface area contributed by atoms with E-state index in [0.717, 1.165) is 35.4 Å². The van der Waals surface area contributed by atoms with Gasteiger partial charge in [-0.05, 0) is 18.7 Å². The number of halogens is 2. The summed E-state index contributed by atoms with van der Waals surface area (Å²) in [7, 11) is 0.